The molecular weight excluding hydrogens is 254 g/mol. The number of rotatable bonds is 7. The molecule has 4 heteroatoms. The van der Waals surface area contributed by atoms with Crippen LogP contribution in [-0.2, 0) is 17.6 Å². The molecule has 20 heavy (non-hydrogen) atoms. The molecule has 0 aromatic heterocycles. The van der Waals surface area contributed by atoms with Crippen molar-refractivity contribution in [3.8, 4) is 5.75 Å². The van der Waals surface area contributed by atoms with Gasteiger partial charge in [-0.15, -0.1) is 0 Å². The van der Waals surface area contributed by atoms with Crippen molar-refractivity contribution in [1.82, 2.24) is 4.90 Å². The van der Waals surface area contributed by atoms with E-state index in [9.17, 15) is 4.79 Å². The summed E-state index contributed by atoms with van der Waals surface area (Å²) in [6.07, 6.45) is 2.15. The van der Waals surface area contributed by atoms with Gasteiger partial charge in [-0.25, -0.2) is 0 Å². The predicted octanol–water partition coefficient (Wildman–Crippen LogP) is 2.35. The topological polar surface area (TPSA) is 49.8 Å². The number of nitrogens with zero attached hydrogens (tertiary/aromatic N) is 1. The van der Waals surface area contributed by atoms with Crippen molar-refractivity contribution >= 4 is 5.97 Å². The van der Waals surface area contributed by atoms with Gasteiger partial charge in [0.1, 0.15) is 5.75 Å². The van der Waals surface area contributed by atoms with Crippen LogP contribution in [0.2, 0.25) is 0 Å². The van der Waals surface area contributed by atoms with E-state index in [0.29, 0.717) is 12.6 Å². The number of fused-ring (bicyclic) bond motifs is 1. The number of ether oxygens (including phenoxy) is 1. The molecule has 1 N–H and O–H groups in total. The Balaban J connectivity index is 1.90. The average molecular weight is 277 g/mol. The van der Waals surface area contributed by atoms with Crippen molar-refractivity contribution in [2.45, 2.75) is 39.2 Å². The summed E-state index contributed by atoms with van der Waals surface area (Å²) in [7, 11) is 0. The highest BCUT2D eigenvalue weighted by Crippen LogP contribution is 2.26. The van der Waals surface area contributed by atoms with Crippen LogP contribution in [0.4, 0.5) is 0 Å². The van der Waals surface area contributed by atoms with E-state index in [1.807, 2.05) is 0 Å². The Kier molecular flexibility index (Phi) is 5.01. The lowest BCUT2D eigenvalue weighted by atomic mass is 10.1. The van der Waals surface area contributed by atoms with Crippen molar-refractivity contribution in [2.75, 3.05) is 19.7 Å². The first-order valence-electron chi connectivity index (χ1n) is 7.26. The van der Waals surface area contributed by atoms with Gasteiger partial charge in [-0.2, -0.15) is 0 Å². The first kappa shape index (κ1) is 14.9. The quantitative estimate of drug-likeness (QED) is 0.831. The minimum Gasteiger partial charge on any atom is -0.493 e. The molecule has 1 aromatic rings. The first-order valence-corrected chi connectivity index (χ1v) is 7.26. The predicted molar refractivity (Wildman–Crippen MR) is 78.3 cm³/mol. The minimum absolute atomic E-state index is 0.205. The second kappa shape index (κ2) is 6.75. The van der Waals surface area contributed by atoms with Crippen molar-refractivity contribution in [2.24, 2.45) is 0 Å². The SMILES string of the molecule is CC(C)N(CCC(=O)O)CCc1ccc2c(c1)CCO2. The fraction of sp³-hybridized carbons (Fsp3) is 0.562. The lowest BCUT2D eigenvalue weighted by molar-refractivity contribution is -0.137. The van der Waals surface area contributed by atoms with Gasteiger partial charge in [0.05, 0.1) is 13.0 Å². The zero-order valence-electron chi connectivity index (χ0n) is 12.3. The lowest BCUT2D eigenvalue weighted by Crippen LogP contribution is -2.34. The normalized spacial score (nSPS) is 13.6. The largest absolute Gasteiger partial charge is 0.493 e. The molecule has 0 amide bonds. The molecule has 1 aliphatic heterocycles. The standard InChI is InChI=1S/C16H23NO3/c1-12(2)17(9-6-16(18)19)8-5-13-3-4-15-14(11-13)7-10-20-15/h3-4,11-12H,5-10H2,1-2H3,(H,18,19). The molecule has 0 fully saturated rings. The Hall–Kier alpha value is -1.55. The summed E-state index contributed by atoms with van der Waals surface area (Å²) in [5.74, 6) is 0.283. The van der Waals surface area contributed by atoms with E-state index < -0.39 is 5.97 Å². The van der Waals surface area contributed by atoms with Crippen LogP contribution in [0.1, 0.15) is 31.4 Å². The van der Waals surface area contributed by atoms with E-state index >= 15 is 0 Å². The van der Waals surface area contributed by atoms with E-state index in [2.05, 4.69) is 36.9 Å². The molecule has 0 atom stereocenters. The van der Waals surface area contributed by atoms with Crippen LogP contribution < -0.4 is 4.74 Å². The van der Waals surface area contributed by atoms with E-state index in [-0.39, 0.29) is 6.42 Å². The fourth-order valence-corrected chi connectivity index (χ4v) is 2.54. The molecule has 1 aliphatic rings. The minimum atomic E-state index is -0.731. The van der Waals surface area contributed by atoms with Crippen LogP contribution in [0.3, 0.4) is 0 Å². The maximum absolute atomic E-state index is 10.7. The number of hydrogen-bond acceptors (Lipinski definition) is 3. The molecule has 0 saturated carbocycles. The third-order valence-electron chi connectivity index (χ3n) is 3.78. The number of benzene rings is 1. The van der Waals surface area contributed by atoms with Crippen LogP contribution >= 0.6 is 0 Å². The maximum Gasteiger partial charge on any atom is 0.304 e. The van der Waals surface area contributed by atoms with Gasteiger partial charge in [0.2, 0.25) is 0 Å². The number of carbonyl (C=O) groups is 1. The highest BCUT2D eigenvalue weighted by atomic mass is 16.5. The van der Waals surface area contributed by atoms with Crippen molar-refractivity contribution in [1.29, 1.82) is 0 Å². The highest BCUT2D eigenvalue weighted by Gasteiger charge is 2.14. The van der Waals surface area contributed by atoms with E-state index in [4.69, 9.17) is 9.84 Å². The molecule has 2 rings (SSSR count). The van der Waals surface area contributed by atoms with Gasteiger partial charge in [-0.3, -0.25) is 4.79 Å². The number of hydrogen-bond donors (Lipinski definition) is 1. The monoisotopic (exact) mass is 277 g/mol. The Morgan fingerprint density at radius 2 is 2.20 bits per heavy atom. The van der Waals surface area contributed by atoms with Crippen molar-refractivity contribution < 1.29 is 14.6 Å². The molecule has 0 saturated heterocycles. The molecule has 1 heterocycles. The molecule has 0 spiro atoms. The Bertz CT molecular complexity index is 471. The molecule has 4 nitrogen and oxygen atoms in total. The van der Waals surface area contributed by atoms with Gasteiger partial charge in [0.15, 0.2) is 0 Å². The van der Waals surface area contributed by atoms with Gasteiger partial charge in [0, 0.05) is 25.6 Å². The average Bonchev–Trinajstić information content (AvgIpc) is 2.85. The van der Waals surface area contributed by atoms with Gasteiger partial charge < -0.3 is 14.7 Å². The molecular formula is C16H23NO3. The summed E-state index contributed by atoms with van der Waals surface area (Å²) < 4.78 is 5.51. The molecule has 110 valence electrons. The summed E-state index contributed by atoms with van der Waals surface area (Å²) in [6, 6.07) is 6.75. The summed E-state index contributed by atoms with van der Waals surface area (Å²) in [6.45, 7) is 6.51. The second-order valence-electron chi connectivity index (χ2n) is 5.56. The maximum atomic E-state index is 10.7. The van der Waals surface area contributed by atoms with Crippen LogP contribution in [0.5, 0.6) is 5.75 Å². The van der Waals surface area contributed by atoms with Gasteiger partial charge in [0.25, 0.3) is 0 Å². The number of carboxylic acid groups (broad SMARTS) is 1. The van der Waals surface area contributed by atoms with Gasteiger partial charge in [-0.05, 0) is 37.5 Å². The van der Waals surface area contributed by atoms with E-state index in [1.165, 1.54) is 11.1 Å². The lowest BCUT2D eigenvalue weighted by Gasteiger charge is -2.25. The molecule has 0 unspecified atom stereocenters. The van der Waals surface area contributed by atoms with Crippen LogP contribution in [0.25, 0.3) is 0 Å². The first-order chi connectivity index (χ1) is 9.56. The summed E-state index contributed by atoms with van der Waals surface area (Å²) >= 11 is 0. The Morgan fingerprint density at radius 3 is 2.90 bits per heavy atom. The Labute approximate surface area is 120 Å². The third-order valence-corrected chi connectivity index (χ3v) is 3.78. The van der Waals surface area contributed by atoms with Gasteiger partial charge >= 0.3 is 5.97 Å². The summed E-state index contributed by atoms with van der Waals surface area (Å²) in [5, 5.41) is 8.79. The fourth-order valence-electron chi connectivity index (χ4n) is 2.54. The zero-order chi connectivity index (χ0) is 14.5. The van der Waals surface area contributed by atoms with E-state index in [1.54, 1.807) is 0 Å². The smallest absolute Gasteiger partial charge is 0.304 e. The van der Waals surface area contributed by atoms with E-state index in [0.717, 1.165) is 31.7 Å². The van der Waals surface area contributed by atoms with Crippen LogP contribution in [0, 0.1) is 0 Å². The van der Waals surface area contributed by atoms with Crippen LogP contribution in [-0.4, -0.2) is 41.7 Å². The molecule has 1 aromatic carbocycles. The highest BCUT2D eigenvalue weighted by molar-refractivity contribution is 5.66. The molecule has 0 bridgehead atoms. The number of carboxylic acids is 1. The second-order valence-corrected chi connectivity index (χ2v) is 5.56. The molecule has 0 aliphatic carbocycles. The Morgan fingerprint density at radius 1 is 1.40 bits per heavy atom. The van der Waals surface area contributed by atoms with Gasteiger partial charge in [-0.1, -0.05) is 12.1 Å². The summed E-state index contributed by atoms with van der Waals surface area (Å²) in [4.78, 5) is 12.9. The van der Waals surface area contributed by atoms with Crippen LogP contribution in [0.15, 0.2) is 18.2 Å². The van der Waals surface area contributed by atoms with Crippen molar-refractivity contribution in [3.05, 3.63) is 29.3 Å². The third kappa shape index (κ3) is 3.97. The molecule has 0 radical (unpaired) electrons. The zero-order valence-corrected chi connectivity index (χ0v) is 12.3. The number of aliphatic carboxylic acids is 1. The van der Waals surface area contributed by atoms with Crippen molar-refractivity contribution in [3.63, 3.8) is 0 Å². The summed E-state index contributed by atoms with van der Waals surface area (Å²) in [5.41, 5.74) is 2.60.